The molecule has 0 aliphatic rings. The number of nitrogens with zero attached hydrogens (tertiary/aromatic N) is 4. The van der Waals surface area contributed by atoms with Crippen LogP contribution in [0.2, 0.25) is 0 Å². The molecule has 7 heteroatoms. The van der Waals surface area contributed by atoms with Crippen LogP contribution in [-0.2, 0) is 17.9 Å². The molecule has 0 bridgehead atoms. The highest BCUT2D eigenvalue weighted by molar-refractivity contribution is 5.76. The molecule has 0 unspecified atom stereocenters. The summed E-state index contributed by atoms with van der Waals surface area (Å²) in [5.41, 5.74) is 1.79. The molecular formula is C11H13N5O2. The van der Waals surface area contributed by atoms with E-state index in [-0.39, 0.29) is 19.1 Å². The van der Waals surface area contributed by atoms with Crippen molar-refractivity contribution >= 4 is 5.91 Å². The number of amides is 1. The van der Waals surface area contributed by atoms with E-state index < -0.39 is 0 Å². The van der Waals surface area contributed by atoms with E-state index in [0.717, 1.165) is 5.56 Å². The monoisotopic (exact) mass is 247 g/mol. The molecular weight excluding hydrogens is 234 g/mol. The van der Waals surface area contributed by atoms with Crippen LogP contribution < -0.4 is 5.32 Å². The van der Waals surface area contributed by atoms with Gasteiger partial charge in [0, 0.05) is 25.0 Å². The molecule has 0 aliphatic heterocycles. The molecule has 94 valence electrons. The third-order valence-electron chi connectivity index (χ3n) is 2.46. The number of likely N-dealkylation sites (N-methyl/N-ethyl adjacent to an activating group) is 1. The second kappa shape index (κ2) is 5.37. The Kier molecular flexibility index (Phi) is 3.63. The first-order chi connectivity index (χ1) is 8.76. The summed E-state index contributed by atoms with van der Waals surface area (Å²) in [5, 5.41) is 19.5. The summed E-state index contributed by atoms with van der Waals surface area (Å²) < 4.78 is 1.45. The molecule has 2 rings (SSSR count). The normalized spacial score (nSPS) is 10.3. The lowest BCUT2D eigenvalue weighted by Gasteiger charge is -2.06. The summed E-state index contributed by atoms with van der Waals surface area (Å²) in [4.78, 5) is 15.4. The van der Waals surface area contributed by atoms with Crippen molar-refractivity contribution in [3.8, 4) is 11.3 Å². The highest BCUT2D eigenvalue weighted by atomic mass is 16.3. The summed E-state index contributed by atoms with van der Waals surface area (Å²) in [5.74, 6) is -0.186. The van der Waals surface area contributed by atoms with Gasteiger partial charge in [0.15, 0.2) is 0 Å². The zero-order valence-corrected chi connectivity index (χ0v) is 9.87. The van der Waals surface area contributed by atoms with Crippen LogP contribution in [0.5, 0.6) is 0 Å². The van der Waals surface area contributed by atoms with Crippen molar-refractivity contribution in [1.29, 1.82) is 0 Å². The molecule has 7 nitrogen and oxygen atoms in total. The fraction of sp³-hybridized carbons (Fsp3) is 0.273. The Morgan fingerprint density at radius 3 is 3.00 bits per heavy atom. The number of pyridine rings is 1. The van der Waals surface area contributed by atoms with Crippen molar-refractivity contribution in [1.82, 2.24) is 25.3 Å². The first-order valence-corrected chi connectivity index (χ1v) is 5.40. The SMILES string of the molecule is CNC(=O)Cn1nnc(CO)c1-c1cccnc1. The van der Waals surface area contributed by atoms with E-state index in [0.29, 0.717) is 11.4 Å². The number of hydrogen-bond donors (Lipinski definition) is 2. The number of carbonyl (C=O) groups is 1. The average molecular weight is 247 g/mol. The molecule has 2 N–H and O–H groups in total. The van der Waals surface area contributed by atoms with Gasteiger partial charge in [0.1, 0.15) is 12.2 Å². The van der Waals surface area contributed by atoms with Gasteiger partial charge in [-0.2, -0.15) is 0 Å². The van der Waals surface area contributed by atoms with Gasteiger partial charge in [-0.05, 0) is 12.1 Å². The molecule has 2 aromatic rings. The molecule has 2 heterocycles. The second-order valence-corrected chi connectivity index (χ2v) is 3.62. The van der Waals surface area contributed by atoms with Crippen LogP contribution in [0.4, 0.5) is 0 Å². The maximum absolute atomic E-state index is 11.4. The molecule has 18 heavy (non-hydrogen) atoms. The van der Waals surface area contributed by atoms with E-state index in [9.17, 15) is 9.90 Å². The standard InChI is InChI=1S/C11H13N5O2/c1-12-10(18)6-16-11(9(7-17)14-15-16)8-3-2-4-13-5-8/h2-5,17H,6-7H2,1H3,(H,12,18). The van der Waals surface area contributed by atoms with Crippen molar-refractivity contribution in [2.24, 2.45) is 0 Å². The average Bonchev–Trinajstić information content (AvgIpc) is 2.82. The van der Waals surface area contributed by atoms with Crippen LogP contribution in [0.15, 0.2) is 24.5 Å². The van der Waals surface area contributed by atoms with Crippen LogP contribution in [0, 0.1) is 0 Å². The third-order valence-corrected chi connectivity index (χ3v) is 2.46. The number of rotatable bonds is 4. The smallest absolute Gasteiger partial charge is 0.241 e. The lowest BCUT2D eigenvalue weighted by molar-refractivity contribution is -0.121. The molecule has 0 radical (unpaired) electrons. The lowest BCUT2D eigenvalue weighted by atomic mass is 10.1. The van der Waals surface area contributed by atoms with Crippen LogP contribution >= 0.6 is 0 Å². The number of aromatic nitrogens is 4. The van der Waals surface area contributed by atoms with Crippen molar-refractivity contribution in [3.63, 3.8) is 0 Å². The maximum atomic E-state index is 11.4. The molecule has 0 aromatic carbocycles. The second-order valence-electron chi connectivity index (χ2n) is 3.62. The summed E-state index contributed by atoms with van der Waals surface area (Å²) in [6.45, 7) is -0.189. The van der Waals surface area contributed by atoms with Crippen LogP contribution in [0.25, 0.3) is 11.3 Å². The molecule has 0 saturated carbocycles. The van der Waals surface area contributed by atoms with Gasteiger partial charge in [-0.1, -0.05) is 5.21 Å². The number of aliphatic hydroxyl groups is 1. The first kappa shape index (κ1) is 12.2. The Balaban J connectivity index is 2.43. The third kappa shape index (κ3) is 2.35. The van der Waals surface area contributed by atoms with Crippen molar-refractivity contribution in [3.05, 3.63) is 30.2 Å². The van der Waals surface area contributed by atoms with Crippen molar-refractivity contribution < 1.29 is 9.90 Å². The fourth-order valence-electron chi connectivity index (χ4n) is 1.60. The van der Waals surface area contributed by atoms with Crippen LogP contribution in [0.3, 0.4) is 0 Å². The minimum absolute atomic E-state index is 0.0493. The summed E-state index contributed by atoms with van der Waals surface area (Å²) in [7, 11) is 1.55. The number of carbonyl (C=O) groups excluding carboxylic acids is 1. The molecule has 2 aromatic heterocycles. The number of hydrogen-bond acceptors (Lipinski definition) is 5. The van der Waals surface area contributed by atoms with Crippen molar-refractivity contribution in [2.75, 3.05) is 7.05 Å². The molecule has 0 saturated heterocycles. The Morgan fingerprint density at radius 2 is 2.39 bits per heavy atom. The van der Waals surface area contributed by atoms with E-state index in [4.69, 9.17) is 0 Å². The Morgan fingerprint density at radius 1 is 1.56 bits per heavy atom. The van der Waals surface area contributed by atoms with E-state index >= 15 is 0 Å². The van der Waals surface area contributed by atoms with E-state index in [1.165, 1.54) is 4.68 Å². The molecule has 0 aliphatic carbocycles. The van der Waals surface area contributed by atoms with Gasteiger partial charge in [-0.3, -0.25) is 9.78 Å². The number of nitrogens with one attached hydrogen (secondary N) is 1. The van der Waals surface area contributed by atoms with Crippen LogP contribution in [0.1, 0.15) is 5.69 Å². The Labute approximate surface area is 103 Å². The largest absolute Gasteiger partial charge is 0.390 e. The predicted molar refractivity (Wildman–Crippen MR) is 63.2 cm³/mol. The lowest BCUT2D eigenvalue weighted by Crippen LogP contribution is -2.24. The van der Waals surface area contributed by atoms with Crippen molar-refractivity contribution in [2.45, 2.75) is 13.2 Å². The minimum atomic E-state index is -0.238. The summed E-state index contributed by atoms with van der Waals surface area (Å²) in [6.07, 6.45) is 3.28. The van der Waals surface area contributed by atoms with Gasteiger partial charge < -0.3 is 10.4 Å². The summed E-state index contributed by atoms with van der Waals surface area (Å²) >= 11 is 0. The Hall–Kier alpha value is -2.28. The zero-order chi connectivity index (χ0) is 13.0. The van der Waals surface area contributed by atoms with E-state index in [2.05, 4.69) is 20.6 Å². The van der Waals surface area contributed by atoms with Crippen LogP contribution in [-0.4, -0.2) is 38.0 Å². The van der Waals surface area contributed by atoms with Gasteiger partial charge in [0.2, 0.25) is 5.91 Å². The first-order valence-electron chi connectivity index (χ1n) is 5.40. The highest BCUT2D eigenvalue weighted by Gasteiger charge is 2.15. The predicted octanol–water partition coefficient (Wildman–Crippen LogP) is -0.422. The topological polar surface area (TPSA) is 92.9 Å². The maximum Gasteiger partial charge on any atom is 0.241 e. The zero-order valence-electron chi connectivity index (χ0n) is 9.87. The van der Waals surface area contributed by atoms with Gasteiger partial charge in [-0.15, -0.1) is 5.10 Å². The number of aliphatic hydroxyl groups excluding tert-OH is 1. The molecule has 1 amide bonds. The molecule has 0 spiro atoms. The molecule has 0 atom stereocenters. The summed E-state index contributed by atoms with van der Waals surface area (Å²) in [6, 6.07) is 3.60. The minimum Gasteiger partial charge on any atom is -0.390 e. The van der Waals surface area contributed by atoms with Gasteiger partial charge in [0.25, 0.3) is 0 Å². The Bertz CT molecular complexity index is 538. The fourth-order valence-corrected chi connectivity index (χ4v) is 1.60. The van der Waals surface area contributed by atoms with E-state index in [1.807, 2.05) is 6.07 Å². The van der Waals surface area contributed by atoms with Gasteiger partial charge in [0.05, 0.1) is 12.3 Å². The molecule has 0 fully saturated rings. The van der Waals surface area contributed by atoms with Gasteiger partial charge in [-0.25, -0.2) is 4.68 Å². The highest BCUT2D eigenvalue weighted by Crippen LogP contribution is 2.21. The van der Waals surface area contributed by atoms with Gasteiger partial charge >= 0.3 is 0 Å². The quantitative estimate of drug-likeness (QED) is 0.765. The van der Waals surface area contributed by atoms with E-state index in [1.54, 1.807) is 25.5 Å².